The molecule has 4 rings (SSSR count). The predicted octanol–water partition coefficient (Wildman–Crippen LogP) is 3.62. The van der Waals surface area contributed by atoms with Crippen LogP contribution in [-0.2, 0) is 4.79 Å². The first-order chi connectivity index (χ1) is 16.0. The van der Waals surface area contributed by atoms with Crippen LogP contribution in [0.25, 0.3) is 16.6 Å². The number of aromatic nitrogens is 2. The SMILES string of the molecule is CNC(=O)c1ccc(NC(=O)CSc2nc3ccccc3c(=O)n2-c2ccccc2F)cc1. The molecular weight excluding hydrogens is 443 g/mol. The van der Waals surface area contributed by atoms with Gasteiger partial charge in [0.05, 0.1) is 22.3 Å². The van der Waals surface area contributed by atoms with Crippen molar-refractivity contribution in [2.75, 3.05) is 18.1 Å². The van der Waals surface area contributed by atoms with Gasteiger partial charge in [-0.25, -0.2) is 9.37 Å². The number of nitrogens with one attached hydrogen (secondary N) is 2. The highest BCUT2D eigenvalue weighted by Gasteiger charge is 2.17. The summed E-state index contributed by atoms with van der Waals surface area (Å²) < 4.78 is 15.7. The van der Waals surface area contributed by atoms with Crippen LogP contribution in [0, 0.1) is 5.82 Å². The molecule has 0 aliphatic rings. The van der Waals surface area contributed by atoms with Crippen molar-refractivity contribution < 1.29 is 14.0 Å². The Balaban J connectivity index is 1.60. The third kappa shape index (κ3) is 4.78. The predicted molar refractivity (Wildman–Crippen MR) is 126 cm³/mol. The number of rotatable bonds is 6. The topological polar surface area (TPSA) is 93.1 Å². The lowest BCUT2D eigenvalue weighted by molar-refractivity contribution is -0.113. The van der Waals surface area contributed by atoms with Crippen LogP contribution in [0.4, 0.5) is 10.1 Å². The molecule has 2 N–H and O–H groups in total. The van der Waals surface area contributed by atoms with E-state index in [1.165, 1.54) is 29.8 Å². The second kappa shape index (κ2) is 9.66. The lowest BCUT2D eigenvalue weighted by Crippen LogP contribution is -2.23. The number of hydrogen-bond acceptors (Lipinski definition) is 5. The van der Waals surface area contributed by atoms with E-state index in [-0.39, 0.29) is 28.4 Å². The van der Waals surface area contributed by atoms with Crippen molar-refractivity contribution in [3.05, 3.63) is 94.5 Å². The molecule has 0 fully saturated rings. The highest BCUT2D eigenvalue weighted by molar-refractivity contribution is 7.99. The number of nitrogens with zero attached hydrogens (tertiary/aromatic N) is 2. The van der Waals surface area contributed by atoms with Gasteiger partial charge in [0.15, 0.2) is 5.16 Å². The van der Waals surface area contributed by atoms with Gasteiger partial charge in [-0.3, -0.25) is 19.0 Å². The van der Waals surface area contributed by atoms with Gasteiger partial charge >= 0.3 is 0 Å². The van der Waals surface area contributed by atoms with Gasteiger partial charge in [0.2, 0.25) is 5.91 Å². The lowest BCUT2D eigenvalue weighted by Gasteiger charge is -2.14. The van der Waals surface area contributed by atoms with Crippen molar-refractivity contribution in [2.24, 2.45) is 0 Å². The van der Waals surface area contributed by atoms with Crippen molar-refractivity contribution in [3.8, 4) is 5.69 Å². The average molecular weight is 463 g/mol. The monoisotopic (exact) mass is 462 g/mol. The highest BCUT2D eigenvalue weighted by Crippen LogP contribution is 2.23. The number of anilines is 1. The number of hydrogen-bond donors (Lipinski definition) is 2. The number of amides is 2. The van der Waals surface area contributed by atoms with Crippen molar-refractivity contribution in [2.45, 2.75) is 5.16 Å². The van der Waals surface area contributed by atoms with Gasteiger partial charge in [-0.15, -0.1) is 0 Å². The number of para-hydroxylation sites is 2. The minimum atomic E-state index is -0.570. The minimum Gasteiger partial charge on any atom is -0.355 e. The number of carbonyl (C=O) groups excluding carboxylic acids is 2. The minimum absolute atomic E-state index is 0.0591. The molecule has 0 spiro atoms. The molecule has 0 saturated heterocycles. The number of benzene rings is 3. The summed E-state index contributed by atoms with van der Waals surface area (Å²) in [7, 11) is 1.54. The maximum Gasteiger partial charge on any atom is 0.266 e. The summed E-state index contributed by atoms with van der Waals surface area (Å²) in [6.45, 7) is 0. The van der Waals surface area contributed by atoms with Gasteiger partial charge in [0.1, 0.15) is 5.82 Å². The molecule has 0 saturated carbocycles. The van der Waals surface area contributed by atoms with E-state index in [9.17, 15) is 18.8 Å². The molecule has 0 unspecified atom stereocenters. The summed E-state index contributed by atoms with van der Waals surface area (Å²) in [5.41, 5.74) is 1.10. The fourth-order valence-corrected chi connectivity index (χ4v) is 4.04. The van der Waals surface area contributed by atoms with Gasteiger partial charge in [-0.1, -0.05) is 36.0 Å². The van der Waals surface area contributed by atoms with Crippen LogP contribution in [0.15, 0.2) is 82.7 Å². The van der Waals surface area contributed by atoms with Crippen LogP contribution < -0.4 is 16.2 Å². The number of halogens is 1. The van der Waals surface area contributed by atoms with E-state index < -0.39 is 11.4 Å². The molecule has 0 aliphatic heterocycles. The Morgan fingerprint density at radius 2 is 1.70 bits per heavy atom. The van der Waals surface area contributed by atoms with Gasteiger partial charge in [0.25, 0.3) is 11.5 Å². The van der Waals surface area contributed by atoms with E-state index in [0.29, 0.717) is 22.2 Å². The summed E-state index contributed by atoms with van der Waals surface area (Å²) in [5.74, 6) is -1.19. The van der Waals surface area contributed by atoms with E-state index in [1.807, 2.05) is 0 Å². The van der Waals surface area contributed by atoms with Gasteiger partial charge in [-0.05, 0) is 48.5 Å². The third-order valence-corrected chi connectivity index (χ3v) is 5.77. The standard InChI is InChI=1S/C24H19FN4O3S/c1-26-22(31)15-10-12-16(13-11-15)27-21(30)14-33-24-28-19-8-4-2-6-17(19)23(32)29(24)20-9-5-3-7-18(20)25/h2-13H,14H2,1H3,(H,26,31)(H,27,30). The Bertz CT molecular complexity index is 1400. The van der Waals surface area contributed by atoms with Crippen molar-refractivity contribution >= 4 is 40.2 Å². The van der Waals surface area contributed by atoms with Crippen molar-refractivity contribution in [1.29, 1.82) is 0 Å². The van der Waals surface area contributed by atoms with Crippen LogP contribution in [-0.4, -0.2) is 34.2 Å². The van der Waals surface area contributed by atoms with Crippen LogP contribution in [0.1, 0.15) is 10.4 Å². The Kier molecular flexibility index (Phi) is 6.50. The first-order valence-electron chi connectivity index (χ1n) is 9.99. The molecule has 4 aromatic rings. The van der Waals surface area contributed by atoms with Crippen LogP contribution in [0.2, 0.25) is 0 Å². The molecule has 7 nitrogen and oxygen atoms in total. The van der Waals surface area contributed by atoms with E-state index in [1.54, 1.807) is 54.6 Å². The molecule has 0 aliphatic carbocycles. The van der Waals surface area contributed by atoms with E-state index >= 15 is 0 Å². The zero-order chi connectivity index (χ0) is 23.4. The summed E-state index contributed by atoms with van der Waals surface area (Å²) >= 11 is 1.03. The maximum atomic E-state index is 14.5. The first kappa shape index (κ1) is 22.2. The Hall–Kier alpha value is -3.98. The molecule has 166 valence electrons. The molecule has 0 radical (unpaired) electrons. The third-order valence-electron chi connectivity index (χ3n) is 4.83. The highest BCUT2D eigenvalue weighted by atomic mass is 32.2. The van der Waals surface area contributed by atoms with Gasteiger partial charge in [-0.2, -0.15) is 0 Å². The molecule has 0 atom stereocenters. The quantitative estimate of drug-likeness (QED) is 0.337. The largest absolute Gasteiger partial charge is 0.355 e. The number of carbonyl (C=O) groups is 2. The molecule has 0 bridgehead atoms. The molecule has 1 aromatic heterocycles. The molecule has 2 amide bonds. The van der Waals surface area contributed by atoms with Crippen LogP contribution in [0.3, 0.4) is 0 Å². The van der Waals surface area contributed by atoms with E-state index in [0.717, 1.165) is 11.8 Å². The Morgan fingerprint density at radius 1 is 1.00 bits per heavy atom. The zero-order valence-corrected chi connectivity index (χ0v) is 18.4. The van der Waals surface area contributed by atoms with E-state index in [4.69, 9.17) is 0 Å². The molecule has 33 heavy (non-hydrogen) atoms. The van der Waals surface area contributed by atoms with Gasteiger partial charge < -0.3 is 10.6 Å². The second-order valence-electron chi connectivity index (χ2n) is 7.00. The fourth-order valence-electron chi connectivity index (χ4n) is 3.23. The van der Waals surface area contributed by atoms with Gasteiger partial charge in [0, 0.05) is 18.3 Å². The molecular formula is C24H19FN4O3S. The molecule has 1 heterocycles. The summed E-state index contributed by atoms with van der Waals surface area (Å²) in [4.78, 5) is 41.8. The molecule has 3 aromatic carbocycles. The summed E-state index contributed by atoms with van der Waals surface area (Å²) in [6.07, 6.45) is 0. The van der Waals surface area contributed by atoms with Crippen LogP contribution in [0.5, 0.6) is 0 Å². The fraction of sp³-hybridized carbons (Fsp3) is 0.0833. The maximum absolute atomic E-state index is 14.5. The van der Waals surface area contributed by atoms with E-state index in [2.05, 4.69) is 15.6 Å². The smallest absolute Gasteiger partial charge is 0.266 e. The Morgan fingerprint density at radius 3 is 2.42 bits per heavy atom. The van der Waals surface area contributed by atoms with Crippen LogP contribution >= 0.6 is 11.8 Å². The second-order valence-corrected chi connectivity index (χ2v) is 7.94. The Labute approximate surface area is 192 Å². The number of fused-ring (bicyclic) bond motifs is 1. The number of thioether (sulfide) groups is 1. The van der Waals surface area contributed by atoms with Crippen molar-refractivity contribution in [1.82, 2.24) is 14.9 Å². The molecule has 9 heteroatoms. The normalized spacial score (nSPS) is 10.7. The summed E-state index contributed by atoms with van der Waals surface area (Å²) in [6, 6.07) is 19.2. The van der Waals surface area contributed by atoms with Crippen molar-refractivity contribution in [3.63, 3.8) is 0 Å². The summed E-state index contributed by atoms with van der Waals surface area (Å²) in [5, 5.41) is 5.82. The first-order valence-corrected chi connectivity index (χ1v) is 11.0. The average Bonchev–Trinajstić information content (AvgIpc) is 2.83. The zero-order valence-electron chi connectivity index (χ0n) is 17.5. The lowest BCUT2D eigenvalue weighted by atomic mass is 10.2.